The predicted octanol–water partition coefficient (Wildman–Crippen LogP) is 2.08. The molecule has 1 heterocycles. The molecular formula is C15H26N2O2. The number of carbonyl (C=O) groups excluding carboxylic acids is 2. The third-order valence-electron chi connectivity index (χ3n) is 4.41. The van der Waals surface area contributed by atoms with E-state index in [2.05, 4.69) is 26.1 Å². The van der Waals surface area contributed by atoms with Crippen LogP contribution in [-0.2, 0) is 9.59 Å². The molecule has 0 radical (unpaired) electrons. The second kappa shape index (κ2) is 5.51. The number of rotatable bonds is 3. The van der Waals surface area contributed by atoms with Crippen molar-refractivity contribution in [2.24, 2.45) is 5.92 Å². The summed E-state index contributed by atoms with van der Waals surface area (Å²) in [5.41, 5.74) is -0.585. The summed E-state index contributed by atoms with van der Waals surface area (Å²) in [7, 11) is 0. The first-order valence-electron chi connectivity index (χ1n) is 7.57. The van der Waals surface area contributed by atoms with Gasteiger partial charge in [0.25, 0.3) is 0 Å². The number of piperazine rings is 1. The lowest BCUT2D eigenvalue weighted by molar-refractivity contribution is -0.154. The van der Waals surface area contributed by atoms with E-state index < -0.39 is 5.54 Å². The van der Waals surface area contributed by atoms with E-state index in [4.69, 9.17) is 0 Å². The van der Waals surface area contributed by atoms with E-state index in [9.17, 15) is 9.59 Å². The van der Waals surface area contributed by atoms with Gasteiger partial charge in [-0.1, -0.05) is 33.1 Å². The molecule has 108 valence electrons. The maximum absolute atomic E-state index is 12.8. The fraction of sp³-hybridized carbons (Fsp3) is 0.867. The lowest BCUT2D eigenvalue weighted by Crippen LogP contribution is -2.68. The Hall–Kier alpha value is -1.06. The van der Waals surface area contributed by atoms with E-state index in [1.807, 2.05) is 4.90 Å². The monoisotopic (exact) mass is 266 g/mol. The lowest BCUT2D eigenvalue weighted by Gasteiger charge is -2.46. The molecule has 1 aliphatic carbocycles. The molecule has 1 saturated carbocycles. The van der Waals surface area contributed by atoms with Gasteiger partial charge in [-0.25, -0.2) is 0 Å². The average Bonchev–Trinajstić information content (AvgIpc) is 2.34. The predicted molar refractivity (Wildman–Crippen MR) is 74.6 cm³/mol. The van der Waals surface area contributed by atoms with Gasteiger partial charge in [0.2, 0.25) is 11.8 Å². The zero-order valence-electron chi connectivity index (χ0n) is 12.4. The smallest absolute Gasteiger partial charge is 0.249 e. The Morgan fingerprint density at radius 3 is 2.37 bits per heavy atom. The second-order valence-electron chi connectivity index (χ2n) is 6.60. The van der Waals surface area contributed by atoms with Crippen molar-refractivity contribution in [3.63, 3.8) is 0 Å². The van der Waals surface area contributed by atoms with Gasteiger partial charge >= 0.3 is 0 Å². The highest BCUT2D eigenvalue weighted by atomic mass is 16.2. The number of hydrogen-bond acceptors (Lipinski definition) is 2. The van der Waals surface area contributed by atoms with Crippen molar-refractivity contribution in [3.05, 3.63) is 0 Å². The SMILES string of the molecule is CC(C)CC(C)N1CC(=O)NC2(CCCCC2)C1=O. The average molecular weight is 266 g/mol. The van der Waals surface area contributed by atoms with Crippen molar-refractivity contribution >= 4 is 11.8 Å². The number of amides is 2. The summed E-state index contributed by atoms with van der Waals surface area (Å²) >= 11 is 0. The fourth-order valence-corrected chi connectivity index (χ4v) is 3.52. The fourth-order valence-electron chi connectivity index (χ4n) is 3.52. The van der Waals surface area contributed by atoms with Crippen molar-refractivity contribution in [2.45, 2.75) is 70.9 Å². The first-order valence-corrected chi connectivity index (χ1v) is 7.57. The van der Waals surface area contributed by atoms with Gasteiger partial charge in [-0.05, 0) is 32.1 Å². The minimum atomic E-state index is -0.585. The zero-order valence-corrected chi connectivity index (χ0v) is 12.4. The van der Waals surface area contributed by atoms with E-state index in [-0.39, 0.29) is 24.4 Å². The first kappa shape index (κ1) is 14.4. The van der Waals surface area contributed by atoms with Gasteiger partial charge in [-0.3, -0.25) is 9.59 Å². The summed E-state index contributed by atoms with van der Waals surface area (Å²) in [5.74, 6) is 0.701. The van der Waals surface area contributed by atoms with Crippen molar-refractivity contribution < 1.29 is 9.59 Å². The van der Waals surface area contributed by atoms with Crippen molar-refractivity contribution in [3.8, 4) is 0 Å². The van der Waals surface area contributed by atoms with Crippen LogP contribution in [-0.4, -0.2) is 34.8 Å². The Kier molecular flexibility index (Phi) is 4.16. The topological polar surface area (TPSA) is 49.4 Å². The van der Waals surface area contributed by atoms with Crippen LogP contribution in [0.15, 0.2) is 0 Å². The van der Waals surface area contributed by atoms with Crippen LogP contribution in [0.4, 0.5) is 0 Å². The number of hydrogen-bond donors (Lipinski definition) is 1. The Morgan fingerprint density at radius 1 is 1.16 bits per heavy atom. The normalized spacial score (nSPS) is 24.7. The Bertz CT molecular complexity index is 359. The summed E-state index contributed by atoms with van der Waals surface area (Å²) in [6, 6.07) is 0.150. The molecule has 1 atom stereocenters. The van der Waals surface area contributed by atoms with Gasteiger partial charge in [0.15, 0.2) is 0 Å². The Labute approximate surface area is 115 Å². The molecule has 1 aliphatic heterocycles. The lowest BCUT2D eigenvalue weighted by atomic mass is 9.79. The van der Waals surface area contributed by atoms with Crippen LogP contribution in [0.5, 0.6) is 0 Å². The largest absolute Gasteiger partial charge is 0.340 e. The third kappa shape index (κ3) is 2.93. The van der Waals surface area contributed by atoms with E-state index in [0.29, 0.717) is 5.92 Å². The van der Waals surface area contributed by atoms with E-state index in [1.54, 1.807) is 0 Å². The van der Waals surface area contributed by atoms with Crippen LogP contribution < -0.4 is 5.32 Å². The molecule has 0 aromatic heterocycles. The van der Waals surface area contributed by atoms with Gasteiger partial charge in [-0.15, -0.1) is 0 Å². The molecule has 0 aromatic rings. The van der Waals surface area contributed by atoms with Crippen LogP contribution in [0.3, 0.4) is 0 Å². The van der Waals surface area contributed by atoms with Gasteiger partial charge < -0.3 is 10.2 Å². The molecule has 2 fully saturated rings. The van der Waals surface area contributed by atoms with Gasteiger partial charge in [0, 0.05) is 6.04 Å². The molecule has 1 N–H and O–H groups in total. The Morgan fingerprint density at radius 2 is 1.79 bits per heavy atom. The molecule has 1 unspecified atom stereocenters. The van der Waals surface area contributed by atoms with Crippen LogP contribution in [0.2, 0.25) is 0 Å². The minimum absolute atomic E-state index is 0.0112. The van der Waals surface area contributed by atoms with Crippen molar-refractivity contribution in [1.29, 1.82) is 0 Å². The highest BCUT2D eigenvalue weighted by Crippen LogP contribution is 2.33. The number of nitrogens with one attached hydrogen (secondary N) is 1. The molecule has 1 spiro atoms. The molecule has 2 amide bonds. The molecule has 0 bridgehead atoms. The summed E-state index contributed by atoms with van der Waals surface area (Å²) in [4.78, 5) is 26.6. The molecule has 19 heavy (non-hydrogen) atoms. The van der Waals surface area contributed by atoms with E-state index in [1.165, 1.54) is 6.42 Å². The number of carbonyl (C=O) groups is 2. The highest BCUT2D eigenvalue weighted by molar-refractivity contribution is 5.98. The minimum Gasteiger partial charge on any atom is -0.340 e. The quantitative estimate of drug-likeness (QED) is 0.850. The van der Waals surface area contributed by atoms with Crippen LogP contribution in [0.1, 0.15) is 59.3 Å². The van der Waals surface area contributed by atoms with Crippen molar-refractivity contribution in [1.82, 2.24) is 10.2 Å². The van der Waals surface area contributed by atoms with Crippen LogP contribution in [0.25, 0.3) is 0 Å². The molecule has 0 aromatic carbocycles. The maximum atomic E-state index is 12.8. The van der Waals surface area contributed by atoms with Crippen molar-refractivity contribution in [2.75, 3.05) is 6.54 Å². The molecule has 4 nitrogen and oxygen atoms in total. The Balaban J connectivity index is 2.15. The summed E-state index contributed by atoms with van der Waals surface area (Å²) in [5, 5.41) is 2.99. The van der Waals surface area contributed by atoms with Crippen LogP contribution in [0, 0.1) is 5.92 Å². The van der Waals surface area contributed by atoms with E-state index in [0.717, 1.165) is 32.1 Å². The molecule has 1 saturated heterocycles. The zero-order chi connectivity index (χ0) is 14.0. The van der Waals surface area contributed by atoms with Gasteiger partial charge in [0.05, 0.1) is 6.54 Å². The molecular weight excluding hydrogens is 240 g/mol. The molecule has 2 aliphatic rings. The van der Waals surface area contributed by atoms with Crippen LogP contribution >= 0.6 is 0 Å². The third-order valence-corrected chi connectivity index (χ3v) is 4.41. The standard InChI is InChI=1S/C15H26N2O2/c1-11(2)9-12(3)17-10-13(18)16-15(14(17)19)7-5-4-6-8-15/h11-12H,4-10H2,1-3H3,(H,16,18). The highest BCUT2D eigenvalue weighted by Gasteiger charge is 2.47. The van der Waals surface area contributed by atoms with Gasteiger partial charge in [0.1, 0.15) is 5.54 Å². The summed E-state index contributed by atoms with van der Waals surface area (Å²) in [6.45, 7) is 6.60. The van der Waals surface area contributed by atoms with E-state index >= 15 is 0 Å². The first-order chi connectivity index (χ1) is 8.94. The summed E-state index contributed by atoms with van der Waals surface area (Å²) < 4.78 is 0. The number of nitrogens with zero attached hydrogens (tertiary/aromatic N) is 1. The second-order valence-corrected chi connectivity index (χ2v) is 6.60. The molecule has 2 rings (SSSR count). The van der Waals surface area contributed by atoms with Gasteiger partial charge in [-0.2, -0.15) is 0 Å². The maximum Gasteiger partial charge on any atom is 0.249 e. The molecule has 4 heteroatoms. The summed E-state index contributed by atoms with van der Waals surface area (Å²) in [6.07, 6.45) is 5.82.